The van der Waals surface area contributed by atoms with E-state index in [0.29, 0.717) is 29.3 Å². The number of carbonyl (C=O) groups is 1. The van der Waals surface area contributed by atoms with Crippen LogP contribution in [0.2, 0.25) is 0 Å². The summed E-state index contributed by atoms with van der Waals surface area (Å²) in [5.74, 6) is 0.798. The van der Waals surface area contributed by atoms with Crippen LogP contribution in [-0.4, -0.2) is 36.5 Å². The summed E-state index contributed by atoms with van der Waals surface area (Å²) in [6, 6.07) is 16.4. The molecule has 1 amide bonds. The molecule has 0 aliphatic carbocycles. The average Bonchev–Trinajstić information content (AvgIpc) is 2.77. The van der Waals surface area contributed by atoms with Crippen LogP contribution < -0.4 is 19.6 Å². The van der Waals surface area contributed by atoms with E-state index in [1.807, 2.05) is 37.3 Å². The van der Waals surface area contributed by atoms with Crippen molar-refractivity contribution in [2.45, 2.75) is 13.3 Å². The smallest absolute Gasteiger partial charge is 0.285 e. The summed E-state index contributed by atoms with van der Waals surface area (Å²) in [5, 5.41) is 4.79. The number of carbonyl (C=O) groups excluding carboxylic acids is 1. The van der Waals surface area contributed by atoms with Gasteiger partial charge in [0.15, 0.2) is 0 Å². The number of aromatic nitrogens is 2. The molecule has 0 fully saturated rings. The van der Waals surface area contributed by atoms with Crippen molar-refractivity contribution in [2.75, 3.05) is 20.8 Å². The Kier molecular flexibility index (Phi) is 6.63. The number of benzene rings is 2. The highest BCUT2D eigenvalue weighted by molar-refractivity contribution is 6.00. The minimum absolute atomic E-state index is 0.258. The van der Waals surface area contributed by atoms with E-state index in [-0.39, 0.29) is 5.56 Å². The van der Waals surface area contributed by atoms with Gasteiger partial charge in [-0.3, -0.25) is 4.79 Å². The predicted octanol–water partition coefficient (Wildman–Crippen LogP) is 3.42. The molecule has 7 heteroatoms. The first-order valence-corrected chi connectivity index (χ1v) is 9.25. The molecule has 3 aromatic rings. The Balaban J connectivity index is 2.05. The summed E-state index contributed by atoms with van der Waals surface area (Å²) in [5.41, 5.74) is 1.11. The van der Waals surface area contributed by atoms with Gasteiger partial charge in [0.2, 0.25) is 5.88 Å². The van der Waals surface area contributed by atoms with Gasteiger partial charge in [-0.05, 0) is 30.7 Å². The van der Waals surface area contributed by atoms with Crippen LogP contribution in [0.4, 0.5) is 0 Å². The summed E-state index contributed by atoms with van der Waals surface area (Å²) in [4.78, 5) is 17.0. The molecule has 0 aliphatic heterocycles. The highest BCUT2D eigenvalue weighted by atomic mass is 16.5. The highest BCUT2D eigenvalue weighted by Gasteiger charge is 2.17. The van der Waals surface area contributed by atoms with E-state index in [1.165, 1.54) is 20.4 Å². The van der Waals surface area contributed by atoms with Crippen LogP contribution in [-0.2, 0) is 0 Å². The maximum atomic E-state index is 12.9. The molecule has 150 valence electrons. The molecule has 3 rings (SSSR count). The largest absolute Gasteiger partial charge is 0.496 e. The van der Waals surface area contributed by atoms with Crippen LogP contribution in [0.15, 0.2) is 65.8 Å². The van der Waals surface area contributed by atoms with Crippen LogP contribution in [0.3, 0.4) is 0 Å². The fourth-order valence-electron chi connectivity index (χ4n) is 2.77. The summed E-state index contributed by atoms with van der Waals surface area (Å²) in [6.07, 6.45) is 2.36. The van der Waals surface area contributed by atoms with Crippen molar-refractivity contribution in [2.24, 2.45) is 4.99 Å². The van der Waals surface area contributed by atoms with E-state index in [4.69, 9.17) is 14.2 Å². The Hall–Kier alpha value is -3.61. The van der Waals surface area contributed by atoms with Gasteiger partial charge in [-0.2, -0.15) is 5.10 Å². The van der Waals surface area contributed by atoms with E-state index in [1.54, 1.807) is 28.9 Å². The highest BCUT2D eigenvalue weighted by Crippen LogP contribution is 2.28. The molecule has 29 heavy (non-hydrogen) atoms. The van der Waals surface area contributed by atoms with Crippen molar-refractivity contribution in [1.29, 1.82) is 0 Å². The molecule has 2 aromatic carbocycles. The second kappa shape index (κ2) is 9.54. The molecule has 0 atom stereocenters. The number of hydrogen-bond donors (Lipinski definition) is 0. The average molecular weight is 393 g/mol. The number of nitrogens with zero attached hydrogens (tertiary/aromatic N) is 3. The number of amides is 1. The van der Waals surface area contributed by atoms with Crippen molar-refractivity contribution in [3.05, 3.63) is 71.7 Å². The van der Waals surface area contributed by atoms with Gasteiger partial charge in [-0.15, -0.1) is 0 Å². The van der Waals surface area contributed by atoms with Gasteiger partial charge >= 0.3 is 0 Å². The SMILES string of the molecule is CCCOc1cc(=NC(=O)c2c(OC)cccc2OC)cnn1-c1ccccc1. The van der Waals surface area contributed by atoms with E-state index in [2.05, 4.69) is 10.1 Å². The lowest BCUT2D eigenvalue weighted by atomic mass is 10.1. The van der Waals surface area contributed by atoms with E-state index >= 15 is 0 Å². The molecule has 0 spiro atoms. The van der Waals surface area contributed by atoms with Crippen molar-refractivity contribution < 1.29 is 19.0 Å². The molecule has 0 saturated heterocycles. The first-order valence-electron chi connectivity index (χ1n) is 9.25. The third-order valence-corrected chi connectivity index (χ3v) is 4.11. The zero-order valence-electron chi connectivity index (χ0n) is 16.7. The summed E-state index contributed by atoms with van der Waals surface area (Å²) < 4.78 is 18.1. The first-order chi connectivity index (χ1) is 14.2. The van der Waals surface area contributed by atoms with Gasteiger partial charge in [-0.1, -0.05) is 31.2 Å². The van der Waals surface area contributed by atoms with E-state index in [9.17, 15) is 4.79 Å². The van der Waals surface area contributed by atoms with Gasteiger partial charge in [0.25, 0.3) is 5.91 Å². The van der Waals surface area contributed by atoms with Crippen molar-refractivity contribution >= 4 is 5.91 Å². The van der Waals surface area contributed by atoms with Gasteiger partial charge in [-0.25, -0.2) is 9.67 Å². The standard InChI is InChI=1S/C22H23N3O4/c1-4-13-29-20-14-16(15-23-25(20)17-9-6-5-7-10-17)24-22(26)21-18(27-2)11-8-12-19(21)28-3/h5-12,14-15H,4,13H2,1-3H3. The number of para-hydroxylation sites is 1. The molecule has 7 nitrogen and oxygen atoms in total. The monoisotopic (exact) mass is 393 g/mol. The van der Waals surface area contributed by atoms with Crippen molar-refractivity contribution in [1.82, 2.24) is 9.78 Å². The number of methoxy groups -OCH3 is 2. The molecule has 1 aromatic heterocycles. The van der Waals surface area contributed by atoms with E-state index in [0.717, 1.165) is 12.1 Å². The minimum Gasteiger partial charge on any atom is -0.496 e. The normalized spacial score (nSPS) is 11.2. The Morgan fingerprint density at radius 3 is 2.34 bits per heavy atom. The molecule has 1 heterocycles. The van der Waals surface area contributed by atoms with Crippen LogP contribution in [0, 0.1) is 0 Å². The first kappa shape index (κ1) is 20.1. The van der Waals surface area contributed by atoms with Crippen LogP contribution in [0.25, 0.3) is 5.69 Å². The fraction of sp³-hybridized carbons (Fsp3) is 0.227. The molecule has 0 aliphatic rings. The van der Waals surface area contributed by atoms with Gasteiger partial charge < -0.3 is 14.2 Å². The summed E-state index contributed by atoms with van der Waals surface area (Å²) in [7, 11) is 2.99. The van der Waals surface area contributed by atoms with Gasteiger partial charge in [0.05, 0.1) is 38.1 Å². The quantitative estimate of drug-likeness (QED) is 0.615. The van der Waals surface area contributed by atoms with Crippen molar-refractivity contribution in [3.8, 4) is 23.1 Å². The zero-order valence-corrected chi connectivity index (χ0v) is 16.7. The predicted molar refractivity (Wildman–Crippen MR) is 109 cm³/mol. The maximum Gasteiger partial charge on any atom is 0.285 e. The number of hydrogen-bond acceptors (Lipinski definition) is 5. The molecule has 0 saturated carbocycles. The molecular formula is C22H23N3O4. The van der Waals surface area contributed by atoms with Crippen LogP contribution >= 0.6 is 0 Å². The van der Waals surface area contributed by atoms with Gasteiger partial charge in [0.1, 0.15) is 17.1 Å². The lowest BCUT2D eigenvalue weighted by Gasteiger charge is -2.13. The van der Waals surface area contributed by atoms with Crippen LogP contribution in [0.5, 0.6) is 17.4 Å². The molecular weight excluding hydrogens is 370 g/mol. The lowest BCUT2D eigenvalue weighted by Crippen LogP contribution is -2.16. The minimum atomic E-state index is -0.486. The van der Waals surface area contributed by atoms with Gasteiger partial charge in [0, 0.05) is 6.07 Å². The molecule has 0 N–H and O–H groups in total. The summed E-state index contributed by atoms with van der Waals surface area (Å²) >= 11 is 0. The maximum absolute atomic E-state index is 12.9. The number of ether oxygens (including phenoxy) is 3. The lowest BCUT2D eigenvalue weighted by molar-refractivity contribution is 0.0992. The fourth-order valence-corrected chi connectivity index (χ4v) is 2.77. The Labute approximate surface area is 169 Å². The van der Waals surface area contributed by atoms with E-state index < -0.39 is 5.91 Å². The topological polar surface area (TPSA) is 74.9 Å². The Morgan fingerprint density at radius 1 is 1.03 bits per heavy atom. The molecule has 0 radical (unpaired) electrons. The summed E-state index contributed by atoms with van der Waals surface area (Å²) in [6.45, 7) is 2.54. The zero-order chi connectivity index (χ0) is 20.6. The Bertz CT molecular complexity index is 1020. The number of rotatable bonds is 7. The third kappa shape index (κ3) is 4.63. The third-order valence-electron chi connectivity index (χ3n) is 4.11. The molecule has 0 bridgehead atoms. The molecule has 0 unspecified atom stereocenters. The Morgan fingerprint density at radius 2 is 1.72 bits per heavy atom. The van der Waals surface area contributed by atoms with Crippen LogP contribution in [0.1, 0.15) is 23.7 Å². The second-order valence-corrected chi connectivity index (χ2v) is 6.10. The second-order valence-electron chi connectivity index (χ2n) is 6.10. The van der Waals surface area contributed by atoms with Crippen molar-refractivity contribution in [3.63, 3.8) is 0 Å².